The van der Waals surface area contributed by atoms with Gasteiger partial charge in [0.05, 0.1) is 11.3 Å². The first kappa shape index (κ1) is 22.3. The Morgan fingerprint density at radius 1 is 1.10 bits per heavy atom. The maximum Gasteiger partial charge on any atom is 0.342 e. The smallest absolute Gasteiger partial charge is 0.342 e. The van der Waals surface area contributed by atoms with Gasteiger partial charge in [0, 0.05) is 23.5 Å². The molecule has 0 unspecified atom stereocenters. The van der Waals surface area contributed by atoms with Gasteiger partial charge in [-0.3, -0.25) is 4.79 Å². The van der Waals surface area contributed by atoms with Crippen molar-refractivity contribution in [3.05, 3.63) is 69.9 Å². The van der Waals surface area contributed by atoms with Gasteiger partial charge in [0.1, 0.15) is 23.7 Å². The molecule has 0 aliphatic heterocycles. The normalized spacial score (nSPS) is 10.9. The molecule has 7 heteroatoms. The molecule has 3 aromatic rings. The van der Waals surface area contributed by atoms with Gasteiger partial charge in [-0.05, 0) is 52.3 Å². The number of hydrogen-bond donors (Lipinski definition) is 0. The zero-order chi connectivity index (χ0) is 22.5. The number of carbonyl (C=O) groups is 2. The summed E-state index contributed by atoms with van der Waals surface area (Å²) in [6.45, 7) is 10.4. The van der Waals surface area contributed by atoms with E-state index in [1.165, 1.54) is 0 Å². The van der Waals surface area contributed by atoms with Crippen LogP contribution in [-0.4, -0.2) is 28.1 Å². The molecule has 2 heterocycles. The quantitative estimate of drug-likeness (QED) is 0.364. The highest BCUT2D eigenvalue weighted by atomic mass is 16.5. The number of hydrogen-bond acceptors (Lipinski definition) is 6. The molecule has 31 heavy (non-hydrogen) atoms. The van der Waals surface area contributed by atoms with Crippen molar-refractivity contribution in [3.8, 4) is 5.75 Å². The molecule has 0 radical (unpaired) electrons. The molecule has 1 aromatic carbocycles. The minimum Gasteiger partial charge on any atom is -0.488 e. The van der Waals surface area contributed by atoms with Gasteiger partial charge in [-0.2, -0.15) is 0 Å². The summed E-state index contributed by atoms with van der Waals surface area (Å²) >= 11 is 0. The monoisotopic (exact) mass is 424 g/mol. The summed E-state index contributed by atoms with van der Waals surface area (Å²) in [4.78, 5) is 25.3. The van der Waals surface area contributed by atoms with E-state index in [0.717, 1.165) is 35.6 Å². The summed E-state index contributed by atoms with van der Waals surface area (Å²) in [5.74, 6) is 0.216. The summed E-state index contributed by atoms with van der Waals surface area (Å²) < 4.78 is 18.4. The summed E-state index contributed by atoms with van der Waals surface area (Å²) in [5.41, 5.74) is 4.33. The molecular weight excluding hydrogens is 396 g/mol. The fourth-order valence-electron chi connectivity index (χ4n) is 3.56. The van der Waals surface area contributed by atoms with Gasteiger partial charge in [0.25, 0.3) is 0 Å². The minimum absolute atomic E-state index is 0.216. The third-order valence-electron chi connectivity index (χ3n) is 5.32. The van der Waals surface area contributed by atoms with E-state index in [0.29, 0.717) is 17.1 Å². The van der Waals surface area contributed by atoms with Gasteiger partial charge in [-0.15, -0.1) is 0 Å². The number of rotatable bonds is 9. The lowest BCUT2D eigenvalue weighted by Crippen LogP contribution is -2.16. The molecule has 164 valence electrons. The summed E-state index contributed by atoms with van der Waals surface area (Å²) in [6, 6.07) is 8.64. The van der Waals surface area contributed by atoms with Gasteiger partial charge >= 0.3 is 5.97 Å². The lowest BCUT2D eigenvalue weighted by atomic mass is 10.1. The predicted octanol–water partition coefficient (Wildman–Crippen LogP) is 4.74. The van der Waals surface area contributed by atoms with Crippen LogP contribution in [0, 0.1) is 27.7 Å². The molecule has 0 aliphatic rings. The van der Waals surface area contributed by atoms with Gasteiger partial charge in [-0.25, -0.2) is 4.79 Å². The number of ether oxygens (including phenoxy) is 2. The molecule has 7 nitrogen and oxygen atoms in total. The third-order valence-corrected chi connectivity index (χ3v) is 5.32. The zero-order valence-corrected chi connectivity index (χ0v) is 18.7. The van der Waals surface area contributed by atoms with Crippen molar-refractivity contribution in [1.82, 2.24) is 9.72 Å². The molecule has 0 bridgehead atoms. The lowest BCUT2D eigenvalue weighted by molar-refractivity contribution is 0.0470. The molecule has 0 saturated heterocycles. The highest BCUT2D eigenvalue weighted by Gasteiger charge is 2.20. The highest BCUT2D eigenvalue weighted by Crippen LogP contribution is 2.23. The van der Waals surface area contributed by atoms with Crippen LogP contribution in [0.25, 0.3) is 0 Å². The summed E-state index contributed by atoms with van der Waals surface area (Å²) in [5, 5.41) is 3.90. The highest BCUT2D eigenvalue weighted by molar-refractivity contribution is 6.01. The number of Topliss-reactive ketones (excluding diaryl/α,β-unsaturated/α-hetero) is 1. The first-order valence-corrected chi connectivity index (χ1v) is 10.3. The van der Waals surface area contributed by atoms with Crippen molar-refractivity contribution in [2.45, 2.75) is 54.2 Å². The van der Waals surface area contributed by atoms with E-state index in [2.05, 4.69) is 16.6 Å². The fourth-order valence-corrected chi connectivity index (χ4v) is 3.56. The Labute approximate surface area is 181 Å². The van der Waals surface area contributed by atoms with Crippen LogP contribution in [0.5, 0.6) is 5.75 Å². The van der Waals surface area contributed by atoms with Gasteiger partial charge in [0.15, 0.2) is 6.61 Å². The van der Waals surface area contributed by atoms with Crippen molar-refractivity contribution < 1.29 is 23.6 Å². The SMILES string of the molecule is CCCn1c(C)cc(C(=O)COC(=O)c2ccccc2OCc2c(C)noc2C)c1C. The van der Waals surface area contributed by atoms with E-state index in [1.54, 1.807) is 24.3 Å². The number of para-hydroxylation sites is 1. The van der Waals surface area contributed by atoms with Gasteiger partial charge < -0.3 is 18.6 Å². The Balaban J connectivity index is 1.67. The lowest BCUT2D eigenvalue weighted by Gasteiger charge is -2.11. The Hall–Kier alpha value is -3.35. The molecule has 2 aromatic heterocycles. The molecule has 0 atom stereocenters. The zero-order valence-electron chi connectivity index (χ0n) is 18.7. The Morgan fingerprint density at radius 2 is 1.84 bits per heavy atom. The second-order valence-corrected chi connectivity index (χ2v) is 7.52. The molecular formula is C24H28N2O5. The van der Waals surface area contributed by atoms with Crippen molar-refractivity contribution in [3.63, 3.8) is 0 Å². The van der Waals surface area contributed by atoms with Crippen LogP contribution in [0.2, 0.25) is 0 Å². The molecule has 0 N–H and O–H groups in total. The predicted molar refractivity (Wildman–Crippen MR) is 116 cm³/mol. The van der Waals surface area contributed by atoms with Gasteiger partial charge in [0.2, 0.25) is 5.78 Å². The number of nitrogens with zero attached hydrogens (tertiary/aromatic N) is 2. The molecule has 0 fully saturated rings. The van der Waals surface area contributed by atoms with Crippen molar-refractivity contribution in [2.75, 3.05) is 6.61 Å². The van der Waals surface area contributed by atoms with Crippen LogP contribution in [0.3, 0.4) is 0 Å². The standard InChI is InChI=1S/C24H28N2O5/c1-6-11-26-15(2)12-20(17(26)4)22(27)14-30-24(28)19-9-7-8-10-23(19)29-13-21-16(3)25-31-18(21)5/h7-10,12H,6,11,13-14H2,1-5H3. The van der Waals surface area contributed by atoms with Crippen molar-refractivity contribution >= 4 is 11.8 Å². The van der Waals surface area contributed by atoms with E-state index in [-0.39, 0.29) is 24.6 Å². The van der Waals surface area contributed by atoms with E-state index >= 15 is 0 Å². The van der Waals surface area contributed by atoms with Crippen LogP contribution in [0.1, 0.15) is 62.5 Å². The maximum atomic E-state index is 12.7. The third kappa shape index (κ3) is 4.87. The number of esters is 1. The Morgan fingerprint density at radius 3 is 2.52 bits per heavy atom. The van der Waals surface area contributed by atoms with E-state index in [9.17, 15) is 9.59 Å². The van der Waals surface area contributed by atoms with Crippen LogP contribution < -0.4 is 4.74 Å². The topological polar surface area (TPSA) is 83.6 Å². The number of ketones is 1. The Kier molecular flexibility index (Phi) is 6.95. The number of benzene rings is 1. The van der Waals surface area contributed by atoms with E-state index in [1.807, 2.05) is 33.8 Å². The maximum absolute atomic E-state index is 12.7. The molecule has 0 aliphatic carbocycles. The largest absolute Gasteiger partial charge is 0.488 e. The Bertz CT molecular complexity index is 1070. The molecule has 3 rings (SSSR count). The summed E-state index contributed by atoms with van der Waals surface area (Å²) in [6.07, 6.45) is 0.976. The average Bonchev–Trinajstić information content (AvgIpc) is 3.23. The second kappa shape index (κ2) is 9.64. The second-order valence-electron chi connectivity index (χ2n) is 7.52. The molecule has 0 spiro atoms. The minimum atomic E-state index is -0.606. The van der Waals surface area contributed by atoms with Crippen molar-refractivity contribution in [2.24, 2.45) is 0 Å². The van der Waals surface area contributed by atoms with Crippen LogP contribution in [-0.2, 0) is 17.9 Å². The van der Waals surface area contributed by atoms with Crippen molar-refractivity contribution in [1.29, 1.82) is 0 Å². The fraction of sp³-hybridized carbons (Fsp3) is 0.375. The van der Waals surface area contributed by atoms with Crippen LogP contribution in [0.15, 0.2) is 34.9 Å². The molecule has 0 amide bonds. The molecule has 0 saturated carbocycles. The number of aryl methyl sites for hydroxylation is 3. The van der Waals surface area contributed by atoms with Crippen LogP contribution in [0.4, 0.5) is 0 Å². The van der Waals surface area contributed by atoms with Crippen LogP contribution >= 0.6 is 0 Å². The number of carbonyl (C=O) groups excluding carboxylic acids is 2. The first-order valence-electron chi connectivity index (χ1n) is 10.3. The first-order chi connectivity index (χ1) is 14.8. The van der Waals surface area contributed by atoms with E-state index in [4.69, 9.17) is 14.0 Å². The summed E-state index contributed by atoms with van der Waals surface area (Å²) in [7, 11) is 0. The van der Waals surface area contributed by atoms with Gasteiger partial charge in [-0.1, -0.05) is 24.2 Å². The average molecular weight is 424 g/mol. The van der Waals surface area contributed by atoms with E-state index < -0.39 is 5.97 Å². The number of aromatic nitrogens is 2.